The molecule has 146 valence electrons. The maximum absolute atomic E-state index is 5.54. The summed E-state index contributed by atoms with van der Waals surface area (Å²) in [6.07, 6.45) is 12.1. The summed E-state index contributed by atoms with van der Waals surface area (Å²) < 4.78 is 30.2. The zero-order valence-electron chi connectivity index (χ0n) is 16.0. The third-order valence-corrected chi connectivity index (χ3v) is 3.75. The largest absolute Gasteiger partial charge is 0.377 e. The molecule has 0 aliphatic heterocycles. The van der Waals surface area contributed by atoms with E-state index in [1.165, 1.54) is 0 Å². The van der Waals surface area contributed by atoms with E-state index >= 15 is 0 Å². The van der Waals surface area contributed by atoms with Crippen LogP contribution in [0.4, 0.5) is 0 Å². The molecular formula is C18H32N4O4+2. The first kappa shape index (κ1) is 20.6. The lowest BCUT2D eigenvalue weighted by atomic mass is 10.6. The van der Waals surface area contributed by atoms with Crippen LogP contribution in [0.3, 0.4) is 0 Å². The van der Waals surface area contributed by atoms with Gasteiger partial charge in [-0.2, -0.15) is 0 Å². The predicted molar refractivity (Wildman–Crippen MR) is 94.5 cm³/mol. The van der Waals surface area contributed by atoms with Gasteiger partial charge in [0.05, 0.1) is 67.0 Å². The topological polar surface area (TPSA) is 54.5 Å². The Kier molecular flexibility index (Phi) is 9.96. The molecule has 2 aromatic heterocycles. The second kappa shape index (κ2) is 12.6. The first-order valence-electron chi connectivity index (χ1n) is 9.07. The normalized spacial score (nSPS) is 11.3. The first-order valence-corrected chi connectivity index (χ1v) is 9.07. The van der Waals surface area contributed by atoms with Gasteiger partial charge in [0.15, 0.2) is 0 Å². The molecule has 0 radical (unpaired) electrons. The Morgan fingerprint density at radius 2 is 0.923 bits per heavy atom. The molecule has 2 heterocycles. The highest BCUT2D eigenvalue weighted by molar-refractivity contribution is 4.65. The Hall–Kier alpha value is -1.74. The van der Waals surface area contributed by atoms with Gasteiger partial charge in [0.2, 0.25) is 12.7 Å². The number of ether oxygens (including phenoxy) is 4. The Morgan fingerprint density at radius 1 is 0.577 bits per heavy atom. The van der Waals surface area contributed by atoms with Crippen LogP contribution in [0.5, 0.6) is 0 Å². The summed E-state index contributed by atoms with van der Waals surface area (Å²) in [5.41, 5.74) is 0. The summed E-state index contributed by atoms with van der Waals surface area (Å²) in [6.45, 7) is 6.63. The van der Waals surface area contributed by atoms with Gasteiger partial charge in [-0.15, -0.1) is 0 Å². The second-order valence-corrected chi connectivity index (χ2v) is 6.08. The van der Waals surface area contributed by atoms with Crippen molar-refractivity contribution in [1.82, 2.24) is 9.13 Å². The van der Waals surface area contributed by atoms with Crippen LogP contribution in [0.2, 0.25) is 0 Å². The fourth-order valence-corrected chi connectivity index (χ4v) is 2.37. The predicted octanol–water partition coefficient (Wildman–Crippen LogP) is -0.295. The molecular weight excluding hydrogens is 336 g/mol. The molecule has 2 rings (SSSR count). The van der Waals surface area contributed by atoms with Crippen LogP contribution in [0.15, 0.2) is 37.4 Å². The van der Waals surface area contributed by atoms with E-state index in [-0.39, 0.29) is 0 Å². The van der Waals surface area contributed by atoms with E-state index in [9.17, 15) is 0 Å². The minimum atomic E-state index is 0.580. The van der Waals surface area contributed by atoms with E-state index in [1.807, 2.05) is 60.7 Å². The molecule has 0 aliphatic rings. The lowest BCUT2D eigenvalue weighted by Gasteiger charge is -2.07. The van der Waals surface area contributed by atoms with Crippen molar-refractivity contribution in [2.45, 2.75) is 13.1 Å². The number of hydrogen-bond acceptors (Lipinski definition) is 4. The van der Waals surface area contributed by atoms with E-state index in [4.69, 9.17) is 18.9 Å². The van der Waals surface area contributed by atoms with Crippen LogP contribution < -0.4 is 9.13 Å². The number of rotatable bonds is 15. The molecule has 0 fully saturated rings. The number of aryl methyl sites for hydroxylation is 2. The molecule has 0 aromatic carbocycles. The van der Waals surface area contributed by atoms with Crippen LogP contribution in [0, 0.1) is 0 Å². The van der Waals surface area contributed by atoms with Gasteiger partial charge in [-0.05, 0) is 0 Å². The van der Waals surface area contributed by atoms with Gasteiger partial charge in [0.25, 0.3) is 0 Å². The third-order valence-electron chi connectivity index (χ3n) is 3.75. The van der Waals surface area contributed by atoms with Gasteiger partial charge in [-0.3, -0.25) is 0 Å². The number of imidazole rings is 2. The van der Waals surface area contributed by atoms with Crippen molar-refractivity contribution in [3.63, 3.8) is 0 Å². The van der Waals surface area contributed by atoms with Crippen molar-refractivity contribution < 1.29 is 28.1 Å². The zero-order valence-corrected chi connectivity index (χ0v) is 16.0. The minimum absolute atomic E-state index is 0.580. The summed E-state index contributed by atoms with van der Waals surface area (Å²) in [5.74, 6) is 0. The molecule has 0 unspecified atom stereocenters. The van der Waals surface area contributed by atoms with Crippen molar-refractivity contribution >= 4 is 0 Å². The lowest BCUT2D eigenvalue weighted by molar-refractivity contribution is -0.671. The molecule has 0 amide bonds. The number of nitrogens with zero attached hydrogens (tertiary/aromatic N) is 4. The highest BCUT2D eigenvalue weighted by Crippen LogP contribution is 1.88. The van der Waals surface area contributed by atoms with Gasteiger partial charge >= 0.3 is 0 Å². The molecule has 0 saturated carbocycles. The smallest absolute Gasteiger partial charge is 0.243 e. The average Bonchev–Trinajstić information content (AvgIpc) is 3.23. The van der Waals surface area contributed by atoms with Crippen molar-refractivity contribution in [2.24, 2.45) is 14.1 Å². The Bertz CT molecular complexity index is 547. The van der Waals surface area contributed by atoms with Gasteiger partial charge in [0.1, 0.15) is 37.9 Å². The van der Waals surface area contributed by atoms with Crippen LogP contribution in [0.25, 0.3) is 0 Å². The molecule has 0 spiro atoms. The van der Waals surface area contributed by atoms with E-state index in [1.54, 1.807) is 0 Å². The van der Waals surface area contributed by atoms with Crippen LogP contribution in [-0.4, -0.2) is 62.0 Å². The molecule has 0 N–H and O–H groups in total. The third kappa shape index (κ3) is 9.10. The molecule has 0 aliphatic carbocycles. The highest BCUT2D eigenvalue weighted by Gasteiger charge is 2.00. The summed E-state index contributed by atoms with van der Waals surface area (Å²) in [5, 5.41) is 0. The maximum Gasteiger partial charge on any atom is 0.243 e. The van der Waals surface area contributed by atoms with Gasteiger partial charge < -0.3 is 18.9 Å². The van der Waals surface area contributed by atoms with E-state index < -0.39 is 0 Å². The Labute approximate surface area is 155 Å². The summed E-state index contributed by atoms with van der Waals surface area (Å²) in [6, 6.07) is 0. The van der Waals surface area contributed by atoms with E-state index in [0.29, 0.717) is 52.9 Å². The van der Waals surface area contributed by atoms with Crippen molar-refractivity contribution in [1.29, 1.82) is 0 Å². The van der Waals surface area contributed by atoms with Crippen molar-refractivity contribution in [3.05, 3.63) is 37.4 Å². The van der Waals surface area contributed by atoms with Crippen LogP contribution in [-0.2, 0) is 46.1 Å². The SMILES string of the molecule is C[n+]1ccn(CCOCCOCCOCCOCCn2cc[n+](C)c2)c1. The van der Waals surface area contributed by atoms with Crippen molar-refractivity contribution in [3.8, 4) is 0 Å². The number of hydrogen-bond donors (Lipinski definition) is 0. The van der Waals surface area contributed by atoms with Gasteiger partial charge in [-0.25, -0.2) is 18.3 Å². The second-order valence-electron chi connectivity index (χ2n) is 6.08. The lowest BCUT2D eigenvalue weighted by Crippen LogP contribution is -2.24. The summed E-state index contributed by atoms with van der Waals surface area (Å²) in [4.78, 5) is 0. The fraction of sp³-hybridized carbons (Fsp3) is 0.667. The van der Waals surface area contributed by atoms with E-state index in [0.717, 1.165) is 13.1 Å². The monoisotopic (exact) mass is 368 g/mol. The van der Waals surface area contributed by atoms with Gasteiger partial charge in [0, 0.05) is 0 Å². The molecule has 8 nitrogen and oxygen atoms in total. The fourth-order valence-electron chi connectivity index (χ4n) is 2.37. The molecule has 0 bridgehead atoms. The van der Waals surface area contributed by atoms with E-state index in [2.05, 4.69) is 9.13 Å². The van der Waals surface area contributed by atoms with Gasteiger partial charge in [-0.1, -0.05) is 0 Å². The quantitative estimate of drug-likeness (QED) is 0.320. The van der Waals surface area contributed by atoms with Crippen LogP contribution in [0.1, 0.15) is 0 Å². The summed E-state index contributed by atoms with van der Waals surface area (Å²) in [7, 11) is 4.01. The van der Waals surface area contributed by atoms with Crippen molar-refractivity contribution in [2.75, 3.05) is 52.9 Å². The number of aromatic nitrogens is 4. The highest BCUT2D eigenvalue weighted by atomic mass is 16.6. The average molecular weight is 368 g/mol. The molecule has 2 aromatic rings. The molecule has 0 saturated heterocycles. The van der Waals surface area contributed by atoms with Crippen LogP contribution >= 0.6 is 0 Å². The Balaban J connectivity index is 1.28. The molecule has 8 heteroatoms. The molecule has 0 atom stereocenters. The molecule has 26 heavy (non-hydrogen) atoms. The minimum Gasteiger partial charge on any atom is -0.377 e. The Morgan fingerprint density at radius 3 is 1.23 bits per heavy atom. The maximum atomic E-state index is 5.54. The standard InChI is InChI=1S/C18H32N4O4/c1-19-3-5-21(17-19)7-9-23-11-13-25-15-16-26-14-12-24-10-8-22-6-4-20(2)18-22/h3-6,17-18H,7-16H2,1-2H3/q+2. The zero-order chi connectivity index (χ0) is 18.5. The summed E-state index contributed by atoms with van der Waals surface area (Å²) >= 11 is 0. The first-order chi connectivity index (χ1) is 12.7.